The number of hydrogen-bond acceptors (Lipinski definition) is 5. The molecule has 0 aromatic carbocycles. The number of aryl methyl sites for hydroxylation is 1. The van der Waals surface area contributed by atoms with Gasteiger partial charge in [0.15, 0.2) is 5.13 Å². The Hall–Kier alpha value is -1.14. The molecule has 1 aromatic rings. The number of thiazole rings is 1. The summed E-state index contributed by atoms with van der Waals surface area (Å²) in [5, 5.41) is 3.65. The maximum Gasteiger partial charge on any atom is 0.249 e. The highest BCUT2D eigenvalue weighted by Gasteiger charge is 2.24. The second kappa shape index (κ2) is 5.67. The van der Waals surface area contributed by atoms with Crippen LogP contribution in [0.4, 0.5) is 5.13 Å². The first-order valence-corrected chi connectivity index (χ1v) is 7.07. The lowest BCUT2D eigenvalue weighted by Gasteiger charge is -2.23. The number of rotatable bonds is 4. The zero-order chi connectivity index (χ0) is 13.1. The number of nitrogens with two attached hydrogens (primary N) is 1. The van der Waals surface area contributed by atoms with Crippen molar-refractivity contribution in [2.75, 3.05) is 12.3 Å². The predicted molar refractivity (Wildman–Crippen MR) is 71.6 cm³/mol. The quantitative estimate of drug-likeness (QED) is 0.859. The van der Waals surface area contributed by atoms with Gasteiger partial charge in [-0.2, -0.15) is 0 Å². The molecule has 100 valence electrons. The molecule has 1 aliphatic rings. The van der Waals surface area contributed by atoms with E-state index in [1.165, 1.54) is 16.2 Å². The summed E-state index contributed by atoms with van der Waals surface area (Å²) in [6, 6.07) is 0.174. The van der Waals surface area contributed by atoms with Crippen LogP contribution < -0.4 is 11.1 Å². The SMILES string of the molecule is CCO[C@H](C)C(=O)N[C@H]1CCc2nc(N)sc2C1. The minimum Gasteiger partial charge on any atom is -0.375 e. The maximum atomic E-state index is 11.8. The van der Waals surface area contributed by atoms with E-state index in [9.17, 15) is 4.79 Å². The van der Waals surface area contributed by atoms with Crippen molar-refractivity contribution in [2.24, 2.45) is 0 Å². The highest BCUT2D eigenvalue weighted by molar-refractivity contribution is 7.15. The molecule has 2 atom stereocenters. The lowest BCUT2D eigenvalue weighted by Crippen LogP contribution is -2.43. The molecule has 3 N–H and O–H groups in total. The average molecular weight is 269 g/mol. The first kappa shape index (κ1) is 13.3. The van der Waals surface area contributed by atoms with Gasteiger partial charge in [0, 0.05) is 23.9 Å². The van der Waals surface area contributed by atoms with E-state index in [0.29, 0.717) is 11.7 Å². The summed E-state index contributed by atoms with van der Waals surface area (Å²) in [6.07, 6.45) is 2.25. The lowest BCUT2D eigenvalue weighted by atomic mass is 9.97. The van der Waals surface area contributed by atoms with Gasteiger partial charge in [0.1, 0.15) is 6.10 Å². The fourth-order valence-electron chi connectivity index (χ4n) is 2.16. The molecule has 1 amide bonds. The molecule has 0 saturated carbocycles. The van der Waals surface area contributed by atoms with Crippen LogP contribution in [0.2, 0.25) is 0 Å². The largest absolute Gasteiger partial charge is 0.375 e. The normalized spacial score (nSPS) is 20.2. The van der Waals surface area contributed by atoms with Gasteiger partial charge in [-0.3, -0.25) is 4.79 Å². The van der Waals surface area contributed by atoms with Crippen molar-refractivity contribution >= 4 is 22.4 Å². The number of fused-ring (bicyclic) bond motifs is 1. The van der Waals surface area contributed by atoms with Crippen LogP contribution in [0.1, 0.15) is 30.8 Å². The topological polar surface area (TPSA) is 77.2 Å². The van der Waals surface area contributed by atoms with E-state index in [-0.39, 0.29) is 18.1 Å². The smallest absolute Gasteiger partial charge is 0.249 e. The zero-order valence-corrected chi connectivity index (χ0v) is 11.5. The van der Waals surface area contributed by atoms with E-state index in [0.717, 1.165) is 25.0 Å². The first-order chi connectivity index (χ1) is 8.60. The molecule has 0 aliphatic heterocycles. The summed E-state index contributed by atoms with van der Waals surface area (Å²) in [4.78, 5) is 17.3. The number of anilines is 1. The molecule has 5 nitrogen and oxygen atoms in total. The molecule has 0 bridgehead atoms. The number of amides is 1. The van der Waals surface area contributed by atoms with Gasteiger partial charge in [0.25, 0.3) is 0 Å². The molecular weight excluding hydrogens is 250 g/mol. The second-order valence-electron chi connectivity index (χ2n) is 4.47. The summed E-state index contributed by atoms with van der Waals surface area (Å²) in [6.45, 7) is 4.21. The number of ether oxygens (including phenoxy) is 1. The molecule has 0 spiro atoms. The number of aromatic nitrogens is 1. The van der Waals surface area contributed by atoms with Gasteiger partial charge in [-0.25, -0.2) is 4.98 Å². The molecule has 1 heterocycles. The monoisotopic (exact) mass is 269 g/mol. The van der Waals surface area contributed by atoms with E-state index in [4.69, 9.17) is 10.5 Å². The third kappa shape index (κ3) is 3.00. The van der Waals surface area contributed by atoms with Gasteiger partial charge >= 0.3 is 0 Å². The van der Waals surface area contributed by atoms with Crippen LogP contribution in [0.5, 0.6) is 0 Å². The van der Waals surface area contributed by atoms with E-state index < -0.39 is 0 Å². The molecule has 1 aromatic heterocycles. The standard InChI is InChI=1S/C12H19N3O2S/c1-3-17-7(2)11(16)14-8-4-5-9-10(6-8)18-12(13)15-9/h7-8H,3-6H2,1-2H3,(H2,13,15)(H,14,16)/t7-,8+/m1/s1. The minimum atomic E-state index is -0.386. The van der Waals surface area contributed by atoms with Gasteiger partial charge in [0.05, 0.1) is 5.69 Å². The number of hydrogen-bond donors (Lipinski definition) is 2. The van der Waals surface area contributed by atoms with E-state index in [1.54, 1.807) is 6.92 Å². The second-order valence-corrected chi connectivity index (χ2v) is 5.58. The molecular formula is C12H19N3O2S. The fourth-order valence-corrected chi connectivity index (χ4v) is 3.12. The van der Waals surface area contributed by atoms with Crippen LogP contribution in [0, 0.1) is 0 Å². The lowest BCUT2D eigenvalue weighted by molar-refractivity contribution is -0.132. The summed E-state index contributed by atoms with van der Waals surface area (Å²) >= 11 is 1.52. The third-order valence-corrected chi connectivity index (χ3v) is 4.04. The Balaban J connectivity index is 1.91. The Kier molecular flexibility index (Phi) is 4.19. The molecule has 1 aliphatic carbocycles. The highest BCUT2D eigenvalue weighted by atomic mass is 32.1. The van der Waals surface area contributed by atoms with Crippen LogP contribution in [-0.4, -0.2) is 29.6 Å². The van der Waals surface area contributed by atoms with E-state index in [1.807, 2.05) is 6.92 Å². The van der Waals surface area contributed by atoms with Gasteiger partial charge in [-0.15, -0.1) is 11.3 Å². The average Bonchev–Trinajstić information content (AvgIpc) is 2.68. The molecule has 0 unspecified atom stereocenters. The maximum absolute atomic E-state index is 11.8. The van der Waals surface area contributed by atoms with Crippen LogP contribution in [0.15, 0.2) is 0 Å². The van der Waals surface area contributed by atoms with Crippen molar-refractivity contribution in [1.29, 1.82) is 0 Å². The van der Waals surface area contributed by atoms with Gasteiger partial charge in [-0.1, -0.05) is 0 Å². The Morgan fingerprint density at radius 1 is 1.72 bits per heavy atom. The Morgan fingerprint density at radius 2 is 2.50 bits per heavy atom. The van der Waals surface area contributed by atoms with Crippen molar-refractivity contribution in [3.63, 3.8) is 0 Å². The van der Waals surface area contributed by atoms with Crippen LogP contribution in [0.25, 0.3) is 0 Å². The number of carbonyl (C=O) groups excluding carboxylic acids is 1. The number of nitrogens with one attached hydrogen (secondary N) is 1. The van der Waals surface area contributed by atoms with Crippen LogP contribution >= 0.6 is 11.3 Å². The molecule has 0 saturated heterocycles. The fraction of sp³-hybridized carbons (Fsp3) is 0.667. The molecule has 18 heavy (non-hydrogen) atoms. The number of nitrogens with zero attached hydrogens (tertiary/aromatic N) is 1. The molecule has 6 heteroatoms. The summed E-state index contributed by atoms with van der Waals surface area (Å²) in [7, 11) is 0. The van der Waals surface area contributed by atoms with Gasteiger partial charge in [-0.05, 0) is 26.7 Å². The summed E-state index contributed by atoms with van der Waals surface area (Å²) < 4.78 is 5.28. The van der Waals surface area contributed by atoms with Crippen molar-refractivity contribution in [2.45, 2.75) is 45.3 Å². The Bertz CT molecular complexity index is 433. The van der Waals surface area contributed by atoms with Crippen LogP contribution in [0.3, 0.4) is 0 Å². The van der Waals surface area contributed by atoms with E-state index >= 15 is 0 Å². The van der Waals surface area contributed by atoms with Crippen molar-refractivity contribution in [1.82, 2.24) is 10.3 Å². The summed E-state index contributed by atoms with van der Waals surface area (Å²) in [5.41, 5.74) is 6.79. The number of nitrogen functional groups attached to an aromatic ring is 1. The van der Waals surface area contributed by atoms with Gasteiger partial charge in [0.2, 0.25) is 5.91 Å². The van der Waals surface area contributed by atoms with Gasteiger partial charge < -0.3 is 15.8 Å². The Labute approximate surface area is 111 Å². The molecule has 0 radical (unpaired) electrons. The van der Waals surface area contributed by atoms with E-state index in [2.05, 4.69) is 10.3 Å². The Morgan fingerprint density at radius 3 is 3.22 bits per heavy atom. The van der Waals surface area contributed by atoms with Crippen molar-refractivity contribution in [3.05, 3.63) is 10.6 Å². The van der Waals surface area contributed by atoms with Crippen molar-refractivity contribution < 1.29 is 9.53 Å². The molecule has 2 rings (SSSR count). The number of carbonyl (C=O) groups is 1. The van der Waals surface area contributed by atoms with Crippen molar-refractivity contribution in [3.8, 4) is 0 Å². The third-order valence-electron chi connectivity index (χ3n) is 3.09. The highest BCUT2D eigenvalue weighted by Crippen LogP contribution is 2.28. The first-order valence-electron chi connectivity index (χ1n) is 6.26. The predicted octanol–water partition coefficient (Wildman–Crippen LogP) is 1.12. The minimum absolute atomic E-state index is 0.0391. The molecule has 0 fully saturated rings. The zero-order valence-electron chi connectivity index (χ0n) is 10.7. The summed E-state index contributed by atoms with van der Waals surface area (Å²) in [5.74, 6) is -0.0391. The van der Waals surface area contributed by atoms with Crippen LogP contribution in [-0.2, 0) is 22.4 Å².